The van der Waals surface area contributed by atoms with Crippen LogP contribution in [-0.2, 0) is 0 Å². The summed E-state index contributed by atoms with van der Waals surface area (Å²) in [4.78, 5) is 20.3. The fraction of sp³-hybridized carbons (Fsp3) is 0.235. The Kier molecular flexibility index (Phi) is 7.78. The second-order valence-corrected chi connectivity index (χ2v) is 7.17. The first kappa shape index (κ1) is 27.5. The van der Waals surface area contributed by atoms with Crippen LogP contribution in [0.1, 0.15) is 5.56 Å². The maximum atomic E-state index is 13.3. The average molecular weight is 579 g/mol. The molecule has 190 valence electrons. The van der Waals surface area contributed by atoms with Gasteiger partial charge in [-0.25, -0.2) is 5.43 Å². The number of benzene rings is 2. The van der Waals surface area contributed by atoms with Crippen molar-refractivity contribution in [3.63, 3.8) is 0 Å². The number of hydrogen-bond acceptors (Lipinski definition) is 8. The third kappa shape index (κ3) is 5.87. The molecule has 0 atom stereocenters. The lowest BCUT2D eigenvalue weighted by Gasteiger charge is -2.27. The summed E-state index contributed by atoms with van der Waals surface area (Å²) in [6.07, 6.45) is -6.09. The first-order valence-electron chi connectivity index (χ1n) is 8.62. The average Bonchev–Trinajstić information content (AvgIpc) is 2.74. The lowest BCUT2D eigenvalue weighted by molar-refractivity contribution is -0.394. The Bertz CT molecular complexity index is 1180. The van der Waals surface area contributed by atoms with Crippen LogP contribution in [0.4, 0.5) is 42.1 Å². The molecule has 0 saturated heterocycles. The number of ether oxygens (including phenoxy) is 2. The van der Waals surface area contributed by atoms with Crippen LogP contribution in [0.15, 0.2) is 39.9 Å². The summed E-state index contributed by atoms with van der Waals surface area (Å²) in [5.41, 5.74) is -1.10. The van der Waals surface area contributed by atoms with E-state index in [2.05, 4.69) is 21.0 Å². The van der Waals surface area contributed by atoms with E-state index < -0.39 is 45.1 Å². The topological polar surface area (TPSA) is 129 Å². The number of hydrogen-bond donors (Lipinski definition) is 1. The molecule has 2 aromatic carbocycles. The normalized spacial score (nSPS) is 12.5. The van der Waals surface area contributed by atoms with Crippen molar-refractivity contribution < 1.29 is 50.1 Å². The molecular weight excluding hydrogens is 569 g/mol. The van der Waals surface area contributed by atoms with Gasteiger partial charge in [0, 0.05) is 6.07 Å². The molecule has 0 bridgehead atoms. The molecule has 0 unspecified atom stereocenters. The van der Waals surface area contributed by atoms with Crippen LogP contribution >= 0.6 is 15.9 Å². The number of alkyl halides is 7. The summed E-state index contributed by atoms with van der Waals surface area (Å²) in [7, 11) is 1.09. The zero-order valence-electron chi connectivity index (χ0n) is 16.8. The summed E-state index contributed by atoms with van der Waals surface area (Å²) in [6, 6.07) is -1.19. The molecule has 0 amide bonds. The van der Waals surface area contributed by atoms with Crippen molar-refractivity contribution in [1.29, 1.82) is 0 Å². The monoisotopic (exact) mass is 578 g/mol. The predicted molar refractivity (Wildman–Crippen MR) is 107 cm³/mol. The zero-order chi connectivity index (χ0) is 26.8. The second kappa shape index (κ2) is 9.88. The SMILES string of the molecule is COc1cc(/C=N/NC(F)(F)C(F)(F)C(F)(F)F)cc(Br)c1Oc1ccc([N+](=O)[O-])cc1[N+](=O)[O-]. The van der Waals surface area contributed by atoms with Crippen LogP contribution in [0.3, 0.4) is 0 Å². The van der Waals surface area contributed by atoms with Crippen LogP contribution in [0.5, 0.6) is 17.2 Å². The minimum Gasteiger partial charge on any atom is -0.493 e. The number of nitro groups is 2. The molecule has 0 aliphatic heterocycles. The molecule has 0 aliphatic rings. The Labute approximate surface area is 197 Å². The third-order valence-corrected chi connectivity index (χ3v) is 4.57. The molecule has 0 radical (unpaired) electrons. The first-order chi connectivity index (χ1) is 16.0. The number of methoxy groups -OCH3 is 1. The van der Waals surface area contributed by atoms with Crippen LogP contribution < -0.4 is 14.9 Å². The highest BCUT2D eigenvalue weighted by Gasteiger charge is 2.73. The number of nitro benzene ring substituents is 2. The molecule has 0 aromatic heterocycles. The fourth-order valence-electron chi connectivity index (χ4n) is 2.31. The van der Waals surface area contributed by atoms with Gasteiger partial charge in [0.15, 0.2) is 11.5 Å². The van der Waals surface area contributed by atoms with E-state index in [1.807, 2.05) is 0 Å². The van der Waals surface area contributed by atoms with Gasteiger partial charge in [0.1, 0.15) is 0 Å². The maximum Gasteiger partial charge on any atom is 0.462 e. The molecule has 0 spiro atoms. The zero-order valence-corrected chi connectivity index (χ0v) is 18.4. The lowest BCUT2D eigenvalue weighted by Crippen LogP contribution is -2.58. The van der Waals surface area contributed by atoms with E-state index in [1.165, 1.54) is 0 Å². The highest BCUT2D eigenvalue weighted by molar-refractivity contribution is 9.10. The van der Waals surface area contributed by atoms with Crippen LogP contribution in [0.2, 0.25) is 0 Å². The summed E-state index contributed by atoms with van der Waals surface area (Å²) >= 11 is 3.00. The molecular formula is C17H10BrF7N4O6. The lowest BCUT2D eigenvalue weighted by atomic mass is 10.2. The van der Waals surface area contributed by atoms with Gasteiger partial charge in [-0.3, -0.25) is 20.2 Å². The van der Waals surface area contributed by atoms with Crippen molar-refractivity contribution >= 4 is 33.5 Å². The van der Waals surface area contributed by atoms with Crippen molar-refractivity contribution in [2.75, 3.05) is 7.11 Å². The second-order valence-electron chi connectivity index (χ2n) is 6.32. The van der Waals surface area contributed by atoms with E-state index in [-0.39, 0.29) is 21.5 Å². The Hall–Kier alpha value is -3.70. The van der Waals surface area contributed by atoms with Crippen molar-refractivity contribution in [2.45, 2.75) is 18.1 Å². The van der Waals surface area contributed by atoms with Gasteiger partial charge in [0.2, 0.25) is 5.75 Å². The minimum atomic E-state index is -6.55. The Balaban J connectivity index is 2.36. The van der Waals surface area contributed by atoms with E-state index in [9.17, 15) is 51.0 Å². The summed E-state index contributed by atoms with van der Waals surface area (Å²) in [6.45, 7) is 0. The van der Waals surface area contributed by atoms with Crippen molar-refractivity contribution in [3.8, 4) is 17.2 Å². The molecule has 18 heteroatoms. The highest BCUT2D eigenvalue weighted by Crippen LogP contribution is 2.45. The summed E-state index contributed by atoms with van der Waals surface area (Å²) in [5, 5.41) is 24.8. The van der Waals surface area contributed by atoms with Gasteiger partial charge in [-0.1, -0.05) is 0 Å². The van der Waals surface area contributed by atoms with E-state index in [0.717, 1.165) is 31.4 Å². The van der Waals surface area contributed by atoms with Crippen LogP contribution in [0.25, 0.3) is 0 Å². The van der Waals surface area contributed by atoms with Crippen molar-refractivity contribution in [2.24, 2.45) is 5.10 Å². The van der Waals surface area contributed by atoms with Gasteiger partial charge in [-0.05, 0) is 39.7 Å². The van der Waals surface area contributed by atoms with Gasteiger partial charge >= 0.3 is 23.8 Å². The number of halogens is 8. The molecule has 1 N–H and O–H groups in total. The minimum absolute atomic E-state index is 0.0571. The Morgan fingerprint density at radius 2 is 1.63 bits per heavy atom. The highest BCUT2D eigenvalue weighted by atomic mass is 79.9. The number of hydrazone groups is 1. The smallest absolute Gasteiger partial charge is 0.462 e. The van der Waals surface area contributed by atoms with Gasteiger partial charge in [0.05, 0.1) is 33.7 Å². The van der Waals surface area contributed by atoms with Gasteiger partial charge in [-0.15, -0.1) is 0 Å². The summed E-state index contributed by atoms with van der Waals surface area (Å²) < 4.78 is 99.2. The van der Waals surface area contributed by atoms with Crippen LogP contribution in [0, 0.1) is 20.2 Å². The molecule has 35 heavy (non-hydrogen) atoms. The number of non-ortho nitro benzene ring substituents is 1. The van der Waals surface area contributed by atoms with Gasteiger partial charge < -0.3 is 9.47 Å². The maximum absolute atomic E-state index is 13.3. The first-order valence-corrected chi connectivity index (χ1v) is 9.42. The Morgan fingerprint density at radius 1 is 1.00 bits per heavy atom. The fourth-order valence-corrected chi connectivity index (χ4v) is 2.85. The molecule has 0 aliphatic carbocycles. The molecule has 0 saturated carbocycles. The standard InChI is InChI=1S/C17H10BrF7N4O6/c1-34-13-5-8(7-26-27-17(24,25)15(19,20)16(21,22)23)4-10(18)14(13)35-12-3-2-9(28(30)31)6-11(12)29(32)33/h2-7,27H,1H3/b26-7+. The molecule has 10 nitrogen and oxygen atoms in total. The summed E-state index contributed by atoms with van der Waals surface area (Å²) in [5.74, 6) is -7.33. The number of nitrogens with one attached hydrogen (secondary N) is 1. The molecule has 2 rings (SSSR count). The van der Waals surface area contributed by atoms with Gasteiger partial charge in [0.25, 0.3) is 5.69 Å². The van der Waals surface area contributed by atoms with Gasteiger partial charge in [-0.2, -0.15) is 35.8 Å². The van der Waals surface area contributed by atoms with Crippen LogP contribution in [-0.4, -0.2) is 41.3 Å². The van der Waals surface area contributed by atoms with E-state index in [1.54, 1.807) is 0 Å². The van der Waals surface area contributed by atoms with E-state index in [4.69, 9.17) is 9.47 Å². The molecule has 2 aromatic rings. The molecule has 0 fully saturated rings. The van der Waals surface area contributed by atoms with E-state index in [0.29, 0.717) is 17.7 Å². The number of rotatable bonds is 9. The molecule has 0 heterocycles. The largest absolute Gasteiger partial charge is 0.493 e. The quantitative estimate of drug-likeness (QED) is 0.131. The van der Waals surface area contributed by atoms with Crippen molar-refractivity contribution in [3.05, 3.63) is 60.6 Å². The van der Waals surface area contributed by atoms with E-state index >= 15 is 0 Å². The number of nitrogens with zero attached hydrogens (tertiary/aromatic N) is 3. The van der Waals surface area contributed by atoms with Crippen molar-refractivity contribution in [1.82, 2.24) is 5.43 Å². The Morgan fingerprint density at radius 3 is 2.14 bits per heavy atom. The predicted octanol–water partition coefficient (Wildman–Crippen LogP) is 5.78. The third-order valence-electron chi connectivity index (χ3n) is 3.98.